The van der Waals surface area contributed by atoms with E-state index in [0.29, 0.717) is 38.2 Å². The van der Waals surface area contributed by atoms with E-state index < -0.39 is 0 Å². The molecule has 6 nitrogen and oxygen atoms in total. The predicted octanol–water partition coefficient (Wildman–Crippen LogP) is 3.72. The Labute approximate surface area is 182 Å². The number of ether oxygens (including phenoxy) is 4. The number of carbonyl (C=O) groups is 1. The van der Waals surface area contributed by atoms with Crippen molar-refractivity contribution in [2.45, 2.75) is 18.7 Å². The summed E-state index contributed by atoms with van der Waals surface area (Å²) in [6.45, 7) is 2.82. The lowest BCUT2D eigenvalue weighted by molar-refractivity contribution is -0.116. The molecule has 31 heavy (non-hydrogen) atoms. The molecule has 2 aliphatic rings. The molecule has 3 unspecified atom stereocenters. The van der Waals surface area contributed by atoms with Gasteiger partial charge >= 0.3 is 0 Å². The van der Waals surface area contributed by atoms with Gasteiger partial charge in [-0.3, -0.25) is 9.78 Å². The lowest BCUT2D eigenvalue weighted by Crippen LogP contribution is -2.25. The first-order valence-corrected chi connectivity index (χ1v) is 11.2. The molecule has 3 atom stereocenters. The highest BCUT2D eigenvalue weighted by atomic mass is 31.1. The molecule has 1 saturated heterocycles. The van der Waals surface area contributed by atoms with E-state index in [-0.39, 0.29) is 17.5 Å². The summed E-state index contributed by atoms with van der Waals surface area (Å²) < 4.78 is 22.9. The van der Waals surface area contributed by atoms with Gasteiger partial charge in [0.05, 0.1) is 24.9 Å². The van der Waals surface area contributed by atoms with E-state index in [2.05, 4.69) is 11.1 Å². The number of nitrogens with zero attached hydrogens (tertiary/aromatic N) is 1. The van der Waals surface area contributed by atoms with Crippen LogP contribution in [0.3, 0.4) is 0 Å². The summed E-state index contributed by atoms with van der Waals surface area (Å²) in [4.78, 5) is 16.8. The van der Waals surface area contributed by atoms with Crippen molar-refractivity contribution < 1.29 is 23.7 Å². The molecule has 0 saturated carbocycles. The third kappa shape index (κ3) is 4.14. The number of carbonyl (C=O) groups excluding carboxylic acids is 1. The number of allylic oxidation sites excluding steroid dienone is 1. The number of methoxy groups -OCH3 is 1. The fraction of sp³-hybridized carbons (Fsp3) is 0.250. The van der Waals surface area contributed by atoms with E-state index in [0.717, 1.165) is 23.1 Å². The van der Waals surface area contributed by atoms with Crippen LogP contribution in [0.25, 0.3) is 17.0 Å². The molecule has 158 valence electrons. The molecular formula is C24H22NO5P. The van der Waals surface area contributed by atoms with Gasteiger partial charge in [0.15, 0.2) is 11.5 Å². The zero-order valence-corrected chi connectivity index (χ0v) is 18.3. The van der Waals surface area contributed by atoms with Crippen molar-refractivity contribution in [3.8, 4) is 17.2 Å². The Bertz CT molecular complexity index is 1190. The van der Waals surface area contributed by atoms with E-state index in [1.807, 2.05) is 42.5 Å². The Balaban J connectivity index is 1.52. The molecule has 3 aromatic rings. The topological polar surface area (TPSA) is 70.2 Å². The second kappa shape index (κ2) is 8.29. The minimum atomic E-state index is -0.291. The van der Waals surface area contributed by atoms with Crippen LogP contribution in [0.2, 0.25) is 0 Å². The maximum absolute atomic E-state index is 12.4. The van der Waals surface area contributed by atoms with Crippen molar-refractivity contribution in [1.82, 2.24) is 4.98 Å². The molecule has 5 rings (SSSR count). The van der Waals surface area contributed by atoms with Crippen LogP contribution in [-0.4, -0.2) is 42.9 Å². The molecule has 0 N–H and O–H groups in total. The fourth-order valence-corrected chi connectivity index (χ4v) is 4.89. The molecular weight excluding hydrogens is 413 g/mol. The van der Waals surface area contributed by atoms with E-state index in [9.17, 15) is 4.79 Å². The quantitative estimate of drug-likeness (QED) is 0.416. The number of epoxide rings is 1. The zero-order valence-electron chi connectivity index (χ0n) is 17.3. The van der Waals surface area contributed by atoms with Gasteiger partial charge in [-0.05, 0) is 36.0 Å². The summed E-state index contributed by atoms with van der Waals surface area (Å²) in [6, 6.07) is 13.6. The van der Waals surface area contributed by atoms with Gasteiger partial charge in [-0.15, -0.1) is 0 Å². The summed E-state index contributed by atoms with van der Waals surface area (Å²) in [5.74, 6) is 2.58. The highest BCUT2D eigenvalue weighted by molar-refractivity contribution is 7.49. The second-order valence-corrected chi connectivity index (χ2v) is 8.92. The molecule has 0 spiro atoms. The first-order chi connectivity index (χ1) is 15.1. The van der Waals surface area contributed by atoms with Crippen molar-refractivity contribution in [2.24, 2.45) is 0 Å². The number of hydrogen-bond donors (Lipinski definition) is 0. The normalized spacial score (nSPS) is 20.1. The van der Waals surface area contributed by atoms with Gasteiger partial charge in [0, 0.05) is 17.6 Å². The predicted molar refractivity (Wildman–Crippen MR) is 121 cm³/mol. The minimum absolute atomic E-state index is 0.0907. The first-order valence-electron chi connectivity index (χ1n) is 10.1. The van der Waals surface area contributed by atoms with E-state index in [1.54, 1.807) is 20.2 Å². The van der Waals surface area contributed by atoms with Crippen LogP contribution in [0.15, 0.2) is 54.4 Å². The Kier molecular flexibility index (Phi) is 5.34. The molecule has 1 fully saturated rings. The van der Waals surface area contributed by atoms with Crippen molar-refractivity contribution in [3.63, 3.8) is 0 Å². The number of benzene rings is 2. The van der Waals surface area contributed by atoms with Gasteiger partial charge in [-0.25, -0.2) is 0 Å². The Morgan fingerprint density at radius 2 is 2.03 bits per heavy atom. The van der Waals surface area contributed by atoms with Crippen LogP contribution in [0, 0.1) is 0 Å². The van der Waals surface area contributed by atoms with Gasteiger partial charge in [0.2, 0.25) is 0 Å². The number of aromatic nitrogens is 1. The van der Waals surface area contributed by atoms with Crippen LogP contribution in [-0.2, 0) is 9.53 Å². The molecule has 3 heterocycles. The van der Waals surface area contributed by atoms with Crippen molar-refractivity contribution in [2.75, 3.05) is 20.3 Å². The highest BCUT2D eigenvalue weighted by Gasteiger charge is 2.28. The number of Topliss-reactive ketones (excluding diaryl/α,β-unsaturated/α-hetero) is 1. The number of pyridine rings is 1. The molecule has 1 aromatic heterocycles. The van der Waals surface area contributed by atoms with E-state index >= 15 is 0 Å². The van der Waals surface area contributed by atoms with E-state index in [1.165, 1.54) is 5.30 Å². The van der Waals surface area contributed by atoms with Crippen LogP contribution >= 0.6 is 8.58 Å². The maximum atomic E-state index is 12.4. The largest absolute Gasteiger partial charge is 0.493 e. The average Bonchev–Trinajstić information content (AvgIpc) is 3.61. The number of rotatable bonds is 7. The fourth-order valence-electron chi connectivity index (χ4n) is 3.57. The highest BCUT2D eigenvalue weighted by Crippen LogP contribution is 2.39. The number of ketones is 1. The van der Waals surface area contributed by atoms with Crippen LogP contribution < -0.4 is 19.5 Å². The molecule has 2 aromatic carbocycles. The third-order valence-electron chi connectivity index (χ3n) is 5.29. The molecule has 2 aliphatic heterocycles. The van der Waals surface area contributed by atoms with Crippen LogP contribution in [0.1, 0.15) is 12.5 Å². The Morgan fingerprint density at radius 1 is 1.19 bits per heavy atom. The van der Waals surface area contributed by atoms with Gasteiger partial charge < -0.3 is 18.9 Å². The summed E-state index contributed by atoms with van der Waals surface area (Å²) >= 11 is 0. The third-order valence-corrected chi connectivity index (χ3v) is 7.04. The Hall–Kier alpha value is -2.95. The second-order valence-electron chi connectivity index (χ2n) is 7.52. The van der Waals surface area contributed by atoms with Crippen LogP contribution in [0.5, 0.6) is 17.2 Å². The lowest BCUT2D eigenvalue weighted by Gasteiger charge is -2.24. The van der Waals surface area contributed by atoms with Crippen molar-refractivity contribution in [1.29, 1.82) is 0 Å². The monoisotopic (exact) mass is 435 g/mol. The number of hydrogen-bond acceptors (Lipinski definition) is 6. The average molecular weight is 435 g/mol. The summed E-state index contributed by atoms with van der Waals surface area (Å²) in [6.07, 6.45) is 3.81. The Morgan fingerprint density at radius 3 is 2.81 bits per heavy atom. The zero-order chi connectivity index (χ0) is 21.4. The van der Waals surface area contributed by atoms with Crippen molar-refractivity contribution >= 4 is 36.6 Å². The van der Waals surface area contributed by atoms with Crippen LogP contribution in [0.4, 0.5) is 0 Å². The van der Waals surface area contributed by atoms with Gasteiger partial charge in [-0.1, -0.05) is 32.8 Å². The van der Waals surface area contributed by atoms with Gasteiger partial charge in [0.25, 0.3) is 0 Å². The van der Waals surface area contributed by atoms with E-state index in [4.69, 9.17) is 18.9 Å². The lowest BCUT2D eigenvalue weighted by atomic mass is 10.1. The number of fused-ring (bicyclic) bond motifs is 2. The van der Waals surface area contributed by atoms with Crippen molar-refractivity contribution in [3.05, 3.63) is 60.0 Å². The molecule has 7 heteroatoms. The molecule has 0 aliphatic carbocycles. The standard InChI is InChI=1S/C24H22NO5P/c1-14(26)24-22(9-15-5-3-4-6-23(15)31-24)30-19-7-8-25-18-11-21(29-13-16-12-28-16)20(27-2)10-17(18)19/h3-11,16,24,31H,12-13H2,1-2H3. The summed E-state index contributed by atoms with van der Waals surface area (Å²) in [7, 11) is 1.94. The minimum Gasteiger partial charge on any atom is -0.493 e. The molecule has 0 radical (unpaired) electrons. The smallest absolute Gasteiger partial charge is 0.163 e. The SMILES string of the molecule is COc1cc2c(OC3=Cc4ccccc4PC3C(C)=O)ccnc2cc1OCC1CO1. The van der Waals surface area contributed by atoms with Gasteiger partial charge in [0.1, 0.15) is 30.0 Å². The van der Waals surface area contributed by atoms with Gasteiger partial charge in [-0.2, -0.15) is 0 Å². The maximum Gasteiger partial charge on any atom is 0.163 e. The summed E-state index contributed by atoms with van der Waals surface area (Å²) in [5.41, 5.74) is 1.52. The summed E-state index contributed by atoms with van der Waals surface area (Å²) in [5, 5.41) is 1.97. The molecule has 0 amide bonds. The molecule has 0 bridgehead atoms. The first kappa shape index (κ1) is 20.0.